The molecule has 0 amide bonds. The molecule has 0 aliphatic heterocycles. The molecule has 2 nitrogen and oxygen atoms in total. The van der Waals surface area contributed by atoms with Crippen LogP contribution in [0.1, 0.15) is 24.3 Å². The van der Waals surface area contributed by atoms with Gasteiger partial charge in [-0.15, -0.1) is 11.3 Å². The van der Waals surface area contributed by atoms with E-state index < -0.39 is 11.4 Å². The highest BCUT2D eigenvalue weighted by Crippen LogP contribution is 2.37. The number of aryl methyl sites for hydroxylation is 1. The molecule has 0 radical (unpaired) electrons. The van der Waals surface area contributed by atoms with Gasteiger partial charge in [0.05, 0.1) is 5.41 Å². The van der Waals surface area contributed by atoms with Gasteiger partial charge < -0.3 is 5.11 Å². The predicted molar refractivity (Wildman–Crippen MR) is 57.4 cm³/mol. The molecule has 0 saturated heterocycles. The van der Waals surface area contributed by atoms with Crippen LogP contribution in [0.15, 0.2) is 9.85 Å². The van der Waals surface area contributed by atoms with E-state index in [1.54, 1.807) is 13.8 Å². The standard InChI is InChI=1S/C9H11BrO2S/c1-5-4-13-7(6(5)10)9(2,3)8(11)12/h4H,1-3H3,(H,11,12). The van der Waals surface area contributed by atoms with Crippen molar-refractivity contribution in [2.75, 3.05) is 0 Å². The van der Waals surface area contributed by atoms with Gasteiger partial charge in [0.2, 0.25) is 0 Å². The minimum atomic E-state index is -0.808. The summed E-state index contributed by atoms with van der Waals surface area (Å²) in [5, 5.41) is 11.0. The molecule has 0 unspecified atom stereocenters. The van der Waals surface area contributed by atoms with Gasteiger partial charge in [-0.25, -0.2) is 0 Å². The van der Waals surface area contributed by atoms with E-state index in [-0.39, 0.29) is 0 Å². The minimum absolute atomic E-state index is 0.796. The number of aliphatic carboxylic acids is 1. The van der Waals surface area contributed by atoms with Crippen molar-refractivity contribution < 1.29 is 9.90 Å². The van der Waals surface area contributed by atoms with E-state index >= 15 is 0 Å². The molecule has 0 atom stereocenters. The SMILES string of the molecule is Cc1csc(C(C)(C)C(=O)O)c1Br. The third kappa shape index (κ3) is 1.79. The molecule has 0 bridgehead atoms. The molecule has 0 aromatic carbocycles. The number of rotatable bonds is 2. The van der Waals surface area contributed by atoms with Gasteiger partial charge in [0, 0.05) is 9.35 Å². The second kappa shape index (κ2) is 3.42. The molecule has 1 aromatic heterocycles. The van der Waals surface area contributed by atoms with Crippen molar-refractivity contribution >= 4 is 33.2 Å². The van der Waals surface area contributed by atoms with Crippen molar-refractivity contribution in [2.45, 2.75) is 26.2 Å². The van der Waals surface area contributed by atoms with Crippen LogP contribution in [-0.4, -0.2) is 11.1 Å². The van der Waals surface area contributed by atoms with Gasteiger partial charge in [-0.3, -0.25) is 4.79 Å². The second-order valence-electron chi connectivity index (χ2n) is 3.49. The fraction of sp³-hybridized carbons (Fsp3) is 0.444. The van der Waals surface area contributed by atoms with Gasteiger partial charge in [0.1, 0.15) is 0 Å². The lowest BCUT2D eigenvalue weighted by atomic mass is 9.91. The lowest BCUT2D eigenvalue weighted by molar-refractivity contribution is -0.142. The summed E-state index contributed by atoms with van der Waals surface area (Å²) in [6, 6.07) is 0. The quantitative estimate of drug-likeness (QED) is 0.889. The van der Waals surface area contributed by atoms with Crippen LogP contribution in [-0.2, 0) is 10.2 Å². The van der Waals surface area contributed by atoms with Crippen molar-refractivity contribution in [3.8, 4) is 0 Å². The average Bonchev–Trinajstić information content (AvgIpc) is 2.33. The Kier molecular flexibility index (Phi) is 2.82. The number of halogens is 1. The van der Waals surface area contributed by atoms with Crippen LogP contribution >= 0.6 is 27.3 Å². The summed E-state index contributed by atoms with van der Waals surface area (Å²) in [5.41, 5.74) is 0.284. The van der Waals surface area contributed by atoms with E-state index in [9.17, 15) is 4.79 Å². The van der Waals surface area contributed by atoms with E-state index in [1.165, 1.54) is 11.3 Å². The Hall–Kier alpha value is -0.350. The van der Waals surface area contributed by atoms with Crippen molar-refractivity contribution in [1.29, 1.82) is 0 Å². The van der Waals surface area contributed by atoms with Crippen molar-refractivity contribution in [3.63, 3.8) is 0 Å². The van der Waals surface area contributed by atoms with Crippen LogP contribution in [0.5, 0.6) is 0 Å². The molecule has 1 aromatic rings. The zero-order valence-corrected chi connectivity index (χ0v) is 10.1. The van der Waals surface area contributed by atoms with Gasteiger partial charge in [0.25, 0.3) is 0 Å². The van der Waals surface area contributed by atoms with Crippen LogP contribution in [0.4, 0.5) is 0 Å². The Morgan fingerprint density at radius 1 is 1.62 bits per heavy atom. The van der Waals surface area contributed by atoms with E-state index in [0.29, 0.717) is 0 Å². The maximum atomic E-state index is 11.0. The minimum Gasteiger partial charge on any atom is -0.481 e. The molecule has 1 N–H and O–H groups in total. The molecular weight excluding hydrogens is 252 g/mol. The fourth-order valence-electron chi connectivity index (χ4n) is 0.949. The Balaban J connectivity index is 3.22. The van der Waals surface area contributed by atoms with Crippen LogP contribution in [0.3, 0.4) is 0 Å². The van der Waals surface area contributed by atoms with Gasteiger partial charge in [-0.2, -0.15) is 0 Å². The summed E-state index contributed by atoms with van der Waals surface area (Å²) >= 11 is 4.89. The molecule has 0 aliphatic carbocycles. The zero-order chi connectivity index (χ0) is 10.2. The van der Waals surface area contributed by atoms with Crippen LogP contribution in [0.2, 0.25) is 0 Å². The van der Waals surface area contributed by atoms with Crippen LogP contribution in [0.25, 0.3) is 0 Å². The summed E-state index contributed by atoms with van der Waals surface area (Å²) < 4.78 is 0.921. The Labute approximate surface area is 89.7 Å². The molecule has 0 fully saturated rings. The van der Waals surface area contributed by atoms with E-state index in [4.69, 9.17) is 5.11 Å². The topological polar surface area (TPSA) is 37.3 Å². The predicted octanol–water partition coefficient (Wildman–Crippen LogP) is 3.18. The molecule has 0 aliphatic rings. The fourth-order valence-corrected chi connectivity index (χ4v) is 3.05. The molecular formula is C9H11BrO2S. The summed E-state index contributed by atoms with van der Waals surface area (Å²) in [5.74, 6) is -0.796. The molecule has 72 valence electrons. The first-order chi connectivity index (χ1) is 5.87. The normalized spacial score (nSPS) is 11.7. The Morgan fingerprint density at radius 2 is 2.15 bits per heavy atom. The lowest BCUT2D eigenvalue weighted by Crippen LogP contribution is -2.27. The van der Waals surface area contributed by atoms with Gasteiger partial charge >= 0.3 is 5.97 Å². The number of hydrogen-bond donors (Lipinski definition) is 1. The Bertz CT molecular complexity index is 341. The van der Waals surface area contributed by atoms with Gasteiger partial charge in [-0.05, 0) is 47.6 Å². The molecule has 1 rings (SSSR count). The highest BCUT2D eigenvalue weighted by Gasteiger charge is 2.33. The monoisotopic (exact) mass is 262 g/mol. The van der Waals surface area contributed by atoms with E-state index in [0.717, 1.165) is 14.9 Å². The van der Waals surface area contributed by atoms with Crippen molar-refractivity contribution in [1.82, 2.24) is 0 Å². The van der Waals surface area contributed by atoms with Gasteiger partial charge in [-0.1, -0.05) is 0 Å². The molecule has 13 heavy (non-hydrogen) atoms. The first-order valence-electron chi connectivity index (χ1n) is 3.85. The number of hydrogen-bond acceptors (Lipinski definition) is 2. The summed E-state index contributed by atoms with van der Waals surface area (Å²) in [4.78, 5) is 11.8. The smallest absolute Gasteiger partial charge is 0.314 e. The average molecular weight is 263 g/mol. The summed E-state index contributed by atoms with van der Waals surface area (Å²) in [7, 11) is 0. The largest absolute Gasteiger partial charge is 0.481 e. The Morgan fingerprint density at radius 3 is 2.46 bits per heavy atom. The van der Waals surface area contributed by atoms with Crippen molar-refractivity contribution in [3.05, 3.63) is 20.3 Å². The zero-order valence-electron chi connectivity index (χ0n) is 7.72. The first-order valence-corrected chi connectivity index (χ1v) is 5.52. The molecule has 4 heteroatoms. The first kappa shape index (κ1) is 10.7. The highest BCUT2D eigenvalue weighted by molar-refractivity contribution is 9.10. The summed E-state index contributed by atoms with van der Waals surface area (Å²) in [6.07, 6.45) is 0. The highest BCUT2D eigenvalue weighted by atomic mass is 79.9. The molecule has 1 heterocycles. The molecule has 0 saturated carbocycles. The van der Waals surface area contributed by atoms with E-state index in [2.05, 4.69) is 15.9 Å². The second-order valence-corrected chi connectivity index (χ2v) is 5.16. The number of carboxylic acid groups (broad SMARTS) is 1. The number of thiophene rings is 1. The third-order valence-electron chi connectivity index (χ3n) is 2.00. The lowest BCUT2D eigenvalue weighted by Gasteiger charge is -2.17. The number of carbonyl (C=O) groups is 1. The maximum absolute atomic E-state index is 11.0. The summed E-state index contributed by atoms with van der Waals surface area (Å²) in [6.45, 7) is 5.39. The van der Waals surface area contributed by atoms with Crippen molar-refractivity contribution in [2.24, 2.45) is 0 Å². The van der Waals surface area contributed by atoms with Crippen LogP contribution in [0, 0.1) is 6.92 Å². The van der Waals surface area contributed by atoms with Gasteiger partial charge in [0.15, 0.2) is 0 Å². The van der Waals surface area contributed by atoms with E-state index in [1.807, 2.05) is 12.3 Å². The number of carboxylic acids is 1. The maximum Gasteiger partial charge on any atom is 0.314 e. The molecule has 0 spiro atoms. The third-order valence-corrected chi connectivity index (χ3v) is 4.71. The van der Waals surface area contributed by atoms with Crippen LogP contribution < -0.4 is 0 Å².